The van der Waals surface area contributed by atoms with Crippen molar-refractivity contribution in [2.45, 2.75) is 64.2 Å². The van der Waals surface area contributed by atoms with Crippen LogP contribution >= 0.6 is 0 Å². The first-order chi connectivity index (χ1) is 11.6. The van der Waals surface area contributed by atoms with Crippen LogP contribution in [0.5, 0.6) is 0 Å². The van der Waals surface area contributed by atoms with E-state index in [0.717, 1.165) is 56.9 Å². The second-order valence-corrected chi connectivity index (χ2v) is 6.13. The number of hydrogen-bond donors (Lipinski definition) is 2. The monoisotopic (exact) mass is 337 g/mol. The highest BCUT2D eigenvalue weighted by Gasteiger charge is 2.03. The Morgan fingerprint density at radius 3 is 2.00 bits per heavy atom. The fourth-order valence-corrected chi connectivity index (χ4v) is 2.54. The number of carboxylic acid groups (broad SMARTS) is 1. The van der Waals surface area contributed by atoms with Crippen LogP contribution in [0.2, 0.25) is 0 Å². The number of carboxylic acids is 1. The van der Waals surface area contributed by atoms with Crippen LogP contribution in [0.3, 0.4) is 0 Å². The molecular formula is C19H28FNO3. The second kappa shape index (κ2) is 12.5. The molecular weight excluding hydrogens is 309 g/mol. The summed E-state index contributed by atoms with van der Waals surface area (Å²) in [6.07, 6.45) is 8.94. The lowest BCUT2D eigenvalue weighted by atomic mass is 10.1. The van der Waals surface area contributed by atoms with Crippen LogP contribution in [0.25, 0.3) is 0 Å². The quantitative estimate of drug-likeness (QED) is 0.533. The molecule has 0 atom stereocenters. The topological polar surface area (TPSA) is 66.4 Å². The standard InChI is InChI=1S/C19H28FNO3/c20-17-12-10-16(11-13-17)15-18(22)21-14-8-6-4-2-1-3-5-7-9-19(23)24/h10-13H,1-9,14-15H2,(H,21,22)(H,23,24). The van der Waals surface area contributed by atoms with Crippen LogP contribution in [-0.2, 0) is 16.0 Å². The molecule has 0 heterocycles. The lowest BCUT2D eigenvalue weighted by Gasteiger charge is -2.06. The molecule has 4 nitrogen and oxygen atoms in total. The smallest absolute Gasteiger partial charge is 0.303 e. The number of carbonyl (C=O) groups excluding carboxylic acids is 1. The number of unbranched alkanes of at least 4 members (excludes halogenated alkanes) is 7. The Hall–Kier alpha value is -1.91. The summed E-state index contributed by atoms with van der Waals surface area (Å²) in [5.41, 5.74) is 0.816. The van der Waals surface area contributed by atoms with Gasteiger partial charge in [-0.1, -0.05) is 50.7 Å². The Kier molecular flexibility index (Phi) is 10.5. The van der Waals surface area contributed by atoms with E-state index in [2.05, 4.69) is 5.32 Å². The molecule has 0 spiro atoms. The summed E-state index contributed by atoms with van der Waals surface area (Å²) in [6.45, 7) is 0.679. The van der Waals surface area contributed by atoms with Crippen molar-refractivity contribution in [1.29, 1.82) is 0 Å². The average Bonchev–Trinajstić information content (AvgIpc) is 2.54. The number of nitrogens with one attached hydrogen (secondary N) is 1. The maximum Gasteiger partial charge on any atom is 0.303 e. The van der Waals surface area contributed by atoms with Crippen molar-refractivity contribution in [1.82, 2.24) is 5.32 Å². The van der Waals surface area contributed by atoms with Crippen molar-refractivity contribution >= 4 is 11.9 Å². The Labute approximate surface area is 143 Å². The van der Waals surface area contributed by atoms with E-state index in [9.17, 15) is 14.0 Å². The maximum absolute atomic E-state index is 12.8. The van der Waals surface area contributed by atoms with Gasteiger partial charge in [-0.25, -0.2) is 4.39 Å². The van der Waals surface area contributed by atoms with E-state index in [4.69, 9.17) is 5.11 Å². The van der Waals surface area contributed by atoms with Crippen molar-refractivity contribution in [3.63, 3.8) is 0 Å². The lowest BCUT2D eigenvalue weighted by molar-refractivity contribution is -0.137. The molecule has 134 valence electrons. The number of aliphatic carboxylic acids is 1. The molecule has 1 rings (SSSR count). The van der Waals surface area contributed by atoms with E-state index < -0.39 is 5.97 Å². The van der Waals surface area contributed by atoms with Gasteiger partial charge in [0, 0.05) is 13.0 Å². The van der Waals surface area contributed by atoms with Gasteiger partial charge in [0.2, 0.25) is 5.91 Å². The van der Waals surface area contributed by atoms with Gasteiger partial charge in [-0.2, -0.15) is 0 Å². The van der Waals surface area contributed by atoms with Crippen LogP contribution < -0.4 is 5.32 Å². The third kappa shape index (κ3) is 10.8. The summed E-state index contributed by atoms with van der Waals surface area (Å²) in [5.74, 6) is -1.03. The molecule has 0 unspecified atom stereocenters. The lowest BCUT2D eigenvalue weighted by Crippen LogP contribution is -2.26. The molecule has 0 fully saturated rings. The molecule has 0 saturated heterocycles. The molecule has 0 aliphatic carbocycles. The van der Waals surface area contributed by atoms with E-state index in [-0.39, 0.29) is 24.6 Å². The maximum atomic E-state index is 12.8. The van der Waals surface area contributed by atoms with Crippen molar-refractivity contribution in [3.05, 3.63) is 35.6 Å². The first kappa shape index (κ1) is 20.1. The number of hydrogen-bond acceptors (Lipinski definition) is 2. The van der Waals surface area contributed by atoms with Crippen LogP contribution in [0.15, 0.2) is 24.3 Å². The molecule has 0 aliphatic rings. The predicted molar refractivity (Wildman–Crippen MR) is 92.3 cm³/mol. The zero-order chi connectivity index (χ0) is 17.6. The van der Waals surface area contributed by atoms with E-state index in [1.165, 1.54) is 12.1 Å². The fourth-order valence-electron chi connectivity index (χ4n) is 2.54. The third-order valence-electron chi connectivity index (χ3n) is 3.92. The van der Waals surface area contributed by atoms with Crippen molar-refractivity contribution in [2.24, 2.45) is 0 Å². The molecule has 24 heavy (non-hydrogen) atoms. The molecule has 2 N–H and O–H groups in total. The van der Waals surface area contributed by atoms with E-state index in [0.29, 0.717) is 6.54 Å². The average molecular weight is 337 g/mol. The highest BCUT2D eigenvalue weighted by molar-refractivity contribution is 5.78. The van der Waals surface area contributed by atoms with Crippen LogP contribution in [0.4, 0.5) is 4.39 Å². The highest BCUT2D eigenvalue weighted by Crippen LogP contribution is 2.09. The molecule has 1 aromatic carbocycles. The van der Waals surface area contributed by atoms with Gasteiger partial charge in [0.1, 0.15) is 5.82 Å². The number of rotatable bonds is 13. The minimum atomic E-state index is -0.712. The molecule has 5 heteroatoms. The van der Waals surface area contributed by atoms with Gasteiger partial charge in [0.05, 0.1) is 6.42 Å². The molecule has 1 aromatic rings. The molecule has 0 bridgehead atoms. The van der Waals surface area contributed by atoms with Gasteiger partial charge in [-0.3, -0.25) is 9.59 Å². The minimum absolute atomic E-state index is 0.0277. The van der Waals surface area contributed by atoms with Gasteiger partial charge in [-0.15, -0.1) is 0 Å². The van der Waals surface area contributed by atoms with Gasteiger partial charge < -0.3 is 10.4 Å². The summed E-state index contributed by atoms with van der Waals surface area (Å²) in [5, 5.41) is 11.4. The Morgan fingerprint density at radius 2 is 1.42 bits per heavy atom. The largest absolute Gasteiger partial charge is 0.481 e. The van der Waals surface area contributed by atoms with Crippen LogP contribution in [0, 0.1) is 5.82 Å². The summed E-state index contributed by atoms with van der Waals surface area (Å²) >= 11 is 0. The number of benzene rings is 1. The van der Waals surface area contributed by atoms with Crippen LogP contribution in [-0.4, -0.2) is 23.5 Å². The summed E-state index contributed by atoms with van der Waals surface area (Å²) < 4.78 is 12.8. The van der Waals surface area contributed by atoms with Gasteiger partial charge in [-0.05, 0) is 30.5 Å². The van der Waals surface area contributed by atoms with E-state index in [1.807, 2.05) is 0 Å². The van der Waals surface area contributed by atoms with Crippen LogP contribution in [0.1, 0.15) is 63.4 Å². The third-order valence-corrected chi connectivity index (χ3v) is 3.92. The number of carbonyl (C=O) groups is 2. The zero-order valence-corrected chi connectivity index (χ0v) is 14.2. The van der Waals surface area contributed by atoms with Gasteiger partial charge in [0.15, 0.2) is 0 Å². The van der Waals surface area contributed by atoms with Crippen molar-refractivity contribution < 1.29 is 19.1 Å². The molecule has 0 aliphatic heterocycles. The van der Waals surface area contributed by atoms with Gasteiger partial charge >= 0.3 is 5.97 Å². The Balaban J connectivity index is 1.90. The Bertz CT molecular complexity index is 488. The van der Waals surface area contributed by atoms with E-state index >= 15 is 0 Å². The summed E-state index contributed by atoms with van der Waals surface area (Å²) in [4.78, 5) is 22.1. The fraction of sp³-hybridized carbons (Fsp3) is 0.579. The first-order valence-electron chi connectivity index (χ1n) is 8.81. The zero-order valence-electron chi connectivity index (χ0n) is 14.2. The highest BCUT2D eigenvalue weighted by atomic mass is 19.1. The normalized spacial score (nSPS) is 10.5. The predicted octanol–water partition coefficient (Wildman–Crippen LogP) is 4.08. The SMILES string of the molecule is O=C(O)CCCCCCCCCCNC(=O)Cc1ccc(F)cc1. The molecule has 0 saturated carbocycles. The molecule has 0 radical (unpaired) electrons. The van der Waals surface area contributed by atoms with E-state index in [1.54, 1.807) is 12.1 Å². The summed E-state index contributed by atoms with van der Waals surface area (Å²) in [6, 6.07) is 5.99. The van der Waals surface area contributed by atoms with Crippen molar-refractivity contribution in [3.8, 4) is 0 Å². The summed E-state index contributed by atoms with van der Waals surface area (Å²) in [7, 11) is 0. The second-order valence-electron chi connectivity index (χ2n) is 6.13. The van der Waals surface area contributed by atoms with Crippen molar-refractivity contribution in [2.75, 3.05) is 6.54 Å². The Morgan fingerprint density at radius 1 is 0.875 bits per heavy atom. The molecule has 1 amide bonds. The number of amides is 1. The molecule has 0 aromatic heterocycles. The minimum Gasteiger partial charge on any atom is -0.481 e. The number of halogens is 1. The van der Waals surface area contributed by atoms with Gasteiger partial charge in [0.25, 0.3) is 0 Å². The first-order valence-corrected chi connectivity index (χ1v) is 8.81.